The van der Waals surface area contributed by atoms with E-state index in [0.29, 0.717) is 12.1 Å². The van der Waals surface area contributed by atoms with Gasteiger partial charge in [0, 0.05) is 19.7 Å². The van der Waals surface area contributed by atoms with E-state index < -0.39 is 17.4 Å². The molecule has 3 N–H and O–H groups in total. The minimum Gasteiger partial charge on any atom is -0.400 e. The number of hydrogen-bond donors (Lipinski definition) is 2. The largest absolute Gasteiger partial charge is 0.418 e. The highest BCUT2D eigenvalue weighted by molar-refractivity contribution is 6.33. The van der Waals surface area contributed by atoms with Crippen molar-refractivity contribution >= 4 is 17.3 Å². The Labute approximate surface area is 122 Å². The lowest BCUT2D eigenvalue weighted by molar-refractivity contribution is -0.137. The fourth-order valence-electron chi connectivity index (χ4n) is 1.47. The normalized spacial score (nSPS) is 11.6. The maximum Gasteiger partial charge on any atom is 0.418 e. The summed E-state index contributed by atoms with van der Waals surface area (Å²) in [4.78, 5) is 1.92. The minimum atomic E-state index is -4.49. The van der Waals surface area contributed by atoms with E-state index in [1.54, 1.807) is 0 Å². The van der Waals surface area contributed by atoms with E-state index in [4.69, 9.17) is 22.4 Å². The molecule has 0 aliphatic heterocycles. The first-order valence-electron chi connectivity index (χ1n) is 5.93. The molecule has 0 saturated carbocycles. The summed E-state index contributed by atoms with van der Waals surface area (Å²) in [6.07, 6.45) is -4.49. The summed E-state index contributed by atoms with van der Waals surface area (Å²) in [6.45, 7) is 4.31. The monoisotopic (exact) mass is 312 g/mol. The van der Waals surface area contributed by atoms with Crippen LogP contribution in [0.15, 0.2) is 12.1 Å². The first-order chi connectivity index (χ1) is 9.12. The molecule has 1 aromatic rings. The average molecular weight is 313 g/mol. The summed E-state index contributed by atoms with van der Waals surface area (Å²) in [5.74, 6) is 0. The molecule has 0 radical (unpaired) electrons. The summed E-state index contributed by atoms with van der Waals surface area (Å²) < 4.78 is 38.3. The van der Waals surface area contributed by atoms with Gasteiger partial charge in [0.15, 0.2) is 0 Å². The van der Waals surface area contributed by atoms with Crippen LogP contribution in [0.5, 0.6) is 0 Å². The van der Waals surface area contributed by atoms with Crippen LogP contribution in [0.3, 0.4) is 0 Å². The Morgan fingerprint density at radius 2 is 1.80 bits per heavy atom. The third-order valence-corrected chi connectivity index (χ3v) is 3.12. The Bertz CT molecular complexity index is 436. The molecular weight excluding hydrogens is 293 g/mol. The molecule has 0 amide bonds. The van der Waals surface area contributed by atoms with Gasteiger partial charge in [0.2, 0.25) is 0 Å². The summed E-state index contributed by atoms with van der Waals surface area (Å²) in [6, 6.07) is 2.76. The van der Waals surface area contributed by atoms with Crippen LogP contribution in [0.1, 0.15) is 25.0 Å². The first-order valence-corrected chi connectivity index (χ1v) is 6.30. The molecule has 0 fully saturated rings. The molecule has 0 spiro atoms. The lowest BCUT2D eigenvalue weighted by Gasteiger charge is -2.22. The molecule has 7 heteroatoms. The predicted molar refractivity (Wildman–Crippen MR) is 75.6 cm³/mol. The van der Waals surface area contributed by atoms with Crippen molar-refractivity contribution in [2.75, 3.05) is 19.9 Å². The first kappa shape index (κ1) is 19.0. The zero-order chi connectivity index (χ0) is 16.1. The molecule has 1 aromatic carbocycles. The van der Waals surface area contributed by atoms with Crippen LogP contribution in [0.2, 0.25) is 5.02 Å². The minimum absolute atomic E-state index is 0.0584. The van der Waals surface area contributed by atoms with Gasteiger partial charge in [0.25, 0.3) is 0 Å². The third-order valence-electron chi connectivity index (χ3n) is 2.81. The Balaban J connectivity index is 0.00000172. The lowest BCUT2D eigenvalue weighted by Crippen LogP contribution is -2.25. The summed E-state index contributed by atoms with van der Waals surface area (Å²) in [5, 5.41) is 6.94. The molecule has 0 unspecified atom stereocenters. The van der Waals surface area contributed by atoms with Gasteiger partial charge in [-0.25, -0.2) is 0 Å². The van der Waals surface area contributed by atoms with Gasteiger partial charge in [0.05, 0.1) is 16.3 Å². The second-order valence-corrected chi connectivity index (χ2v) is 4.95. The van der Waals surface area contributed by atoms with Crippen LogP contribution >= 0.6 is 11.6 Å². The standard InChI is InChI=1S/C12H16ClF3N2.CH4O/c1-7(2)18(3)6-8-4-9(12(14,15)16)11(17)10(13)5-8;1-2/h4-5,7H,6,17H2,1-3H3;2H,1H3. The van der Waals surface area contributed by atoms with Crippen LogP contribution in [0.4, 0.5) is 18.9 Å². The third kappa shape index (κ3) is 5.19. The van der Waals surface area contributed by atoms with Crippen molar-refractivity contribution in [2.24, 2.45) is 0 Å². The fraction of sp³-hybridized carbons (Fsp3) is 0.538. The van der Waals surface area contributed by atoms with E-state index >= 15 is 0 Å². The Hall–Kier alpha value is -0.980. The highest BCUT2D eigenvalue weighted by Gasteiger charge is 2.34. The average Bonchev–Trinajstić information content (AvgIpc) is 2.34. The number of nitrogens with zero attached hydrogens (tertiary/aromatic N) is 1. The van der Waals surface area contributed by atoms with Gasteiger partial charge >= 0.3 is 6.18 Å². The fourth-order valence-corrected chi connectivity index (χ4v) is 1.71. The van der Waals surface area contributed by atoms with Crippen LogP contribution in [-0.2, 0) is 12.7 Å². The Morgan fingerprint density at radius 3 is 2.20 bits per heavy atom. The van der Waals surface area contributed by atoms with E-state index in [9.17, 15) is 13.2 Å². The number of aliphatic hydroxyl groups is 1. The number of aliphatic hydroxyl groups excluding tert-OH is 1. The smallest absolute Gasteiger partial charge is 0.400 e. The van der Waals surface area contributed by atoms with Crippen LogP contribution in [0, 0.1) is 0 Å². The predicted octanol–water partition coefficient (Wildman–Crippen LogP) is 3.39. The molecule has 0 heterocycles. The maximum absolute atomic E-state index is 12.8. The van der Waals surface area contributed by atoms with Crippen molar-refractivity contribution in [1.29, 1.82) is 0 Å². The summed E-state index contributed by atoms with van der Waals surface area (Å²) >= 11 is 5.74. The number of halogens is 4. The van der Waals surface area contributed by atoms with E-state index in [-0.39, 0.29) is 11.1 Å². The van der Waals surface area contributed by atoms with Crippen molar-refractivity contribution in [2.45, 2.75) is 32.6 Å². The van der Waals surface area contributed by atoms with E-state index in [2.05, 4.69) is 0 Å². The van der Waals surface area contributed by atoms with Gasteiger partial charge in [-0.05, 0) is 38.6 Å². The van der Waals surface area contributed by atoms with Crippen molar-refractivity contribution < 1.29 is 18.3 Å². The maximum atomic E-state index is 12.8. The van der Waals surface area contributed by atoms with Gasteiger partial charge in [-0.15, -0.1) is 0 Å². The number of anilines is 1. The van der Waals surface area contributed by atoms with E-state index in [1.165, 1.54) is 6.07 Å². The van der Waals surface area contributed by atoms with Gasteiger partial charge in [-0.2, -0.15) is 13.2 Å². The van der Waals surface area contributed by atoms with E-state index in [0.717, 1.165) is 13.2 Å². The topological polar surface area (TPSA) is 49.5 Å². The quantitative estimate of drug-likeness (QED) is 0.841. The lowest BCUT2D eigenvalue weighted by atomic mass is 10.1. The van der Waals surface area contributed by atoms with Crippen LogP contribution in [0.25, 0.3) is 0 Å². The van der Waals surface area contributed by atoms with Crippen molar-refractivity contribution in [3.05, 3.63) is 28.3 Å². The zero-order valence-corrected chi connectivity index (χ0v) is 12.7. The number of benzene rings is 1. The number of rotatable bonds is 3. The Morgan fingerprint density at radius 1 is 1.30 bits per heavy atom. The molecule has 0 atom stereocenters. The second kappa shape index (κ2) is 7.71. The molecule has 0 aromatic heterocycles. The highest BCUT2D eigenvalue weighted by atomic mass is 35.5. The van der Waals surface area contributed by atoms with Crippen LogP contribution in [-0.4, -0.2) is 30.2 Å². The number of hydrogen-bond acceptors (Lipinski definition) is 3. The van der Waals surface area contributed by atoms with E-state index in [1.807, 2.05) is 25.8 Å². The van der Waals surface area contributed by atoms with Gasteiger partial charge in [-0.3, -0.25) is 4.90 Å². The molecule has 3 nitrogen and oxygen atoms in total. The Kier molecular flexibility index (Phi) is 7.33. The van der Waals surface area contributed by atoms with Gasteiger partial charge in [-0.1, -0.05) is 11.6 Å². The summed E-state index contributed by atoms with van der Waals surface area (Å²) in [5.41, 5.74) is 4.57. The zero-order valence-electron chi connectivity index (χ0n) is 11.9. The van der Waals surface area contributed by atoms with Gasteiger partial charge < -0.3 is 10.8 Å². The SMILES string of the molecule is CC(C)N(C)Cc1cc(Cl)c(N)c(C(F)(F)F)c1.CO. The molecule has 0 saturated heterocycles. The summed E-state index contributed by atoms with van der Waals surface area (Å²) in [7, 11) is 2.84. The molecule has 116 valence electrons. The van der Waals surface area contributed by atoms with Crippen LogP contribution < -0.4 is 5.73 Å². The number of nitrogens with two attached hydrogens (primary N) is 1. The van der Waals surface area contributed by atoms with Crippen molar-refractivity contribution in [3.63, 3.8) is 0 Å². The molecule has 20 heavy (non-hydrogen) atoms. The molecule has 0 aliphatic rings. The van der Waals surface area contributed by atoms with Crippen molar-refractivity contribution in [1.82, 2.24) is 4.90 Å². The molecule has 0 aliphatic carbocycles. The van der Waals surface area contributed by atoms with Crippen molar-refractivity contribution in [3.8, 4) is 0 Å². The highest BCUT2D eigenvalue weighted by Crippen LogP contribution is 2.37. The number of nitrogen functional groups attached to an aromatic ring is 1. The molecular formula is C13H20ClF3N2O. The molecule has 0 bridgehead atoms. The number of alkyl halides is 3. The molecule has 1 rings (SSSR count). The van der Waals surface area contributed by atoms with Gasteiger partial charge in [0.1, 0.15) is 0 Å². The second-order valence-electron chi connectivity index (χ2n) is 4.55.